The van der Waals surface area contributed by atoms with Crippen LogP contribution in [0.1, 0.15) is 43.2 Å². The van der Waals surface area contributed by atoms with E-state index in [2.05, 4.69) is 10.0 Å². The zero-order valence-electron chi connectivity index (χ0n) is 19.2. The van der Waals surface area contributed by atoms with Gasteiger partial charge in [-0.1, -0.05) is 55.1 Å². The molecule has 4 rings (SSSR count). The summed E-state index contributed by atoms with van der Waals surface area (Å²) < 4.78 is 29.6. The van der Waals surface area contributed by atoms with Gasteiger partial charge >= 0.3 is 11.7 Å². The topological polar surface area (TPSA) is 119 Å². The first-order valence-electron chi connectivity index (χ1n) is 11.4. The zero-order chi connectivity index (χ0) is 25.2. The number of halogens is 1. The third-order valence-corrected chi connectivity index (χ3v) is 7.99. The molecule has 0 spiro atoms. The van der Waals surface area contributed by atoms with Crippen LogP contribution in [0.2, 0.25) is 0 Å². The number of alkyl halides is 1. The van der Waals surface area contributed by atoms with Crippen LogP contribution in [0.25, 0.3) is 10.9 Å². The van der Waals surface area contributed by atoms with Gasteiger partial charge in [-0.05, 0) is 42.7 Å². The Hall–Kier alpha value is -3.11. The van der Waals surface area contributed by atoms with Gasteiger partial charge in [0, 0.05) is 19.5 Å². The molecule has 186 valence electrons. The van der Waals surface area contributed by atoms with Crippen molar-refractivity contribution in [3.8, 4) is 0 Å². The number of aryl methyl sites for hydroxylation is 1. The Morgan fingerprint density at radius 2 is 1.71 bits per heavy atom. The fraction of sp³-hybridized carbons (Fsp3) is 0.375. The molecule has 1 aliphatic carbocycles. The lowest BCUT2D eigenvalue weighted by molar-refractivity contribution is 0.237. The van der Waals surface area contributed by atoms with Crippen LogP contribution in [-0.4, -0.2) is 29.6 Å². The second-order valence-corrected chi connectivity index (χ2v) is 10.9. The Bertz CT molecular complexity index is 1460. The number of hydrogen-bond donors (Lipinski definition) is 2. The van der Waals surface area contributed by atoms with Gasteiger partial charge in [0.1, 0.15) is 5.50 Å². The second-order valence-electron chi connectivity index (χ2n) is 8.73. The molecule has 2 N–H and O–H groups in total. The maximum Gasteiger partial charge on any atom is 0.332 e. The minimum absolute atomic E-state index is 0.0202. The van der Waals surface area contributed by atoms with Crippen LogP contribution in [0.15, 0.2) is 63.0 Å². The number of para-hydroxylation sites is 1. The van der Waals surface area contributed by atoms with Crippen molar-refractivity contribution in [1.82, 2.24) is 19.2 Å². The highest BCUT2D eigenvalue weighted by atomic mass is 35.5. The predicted octanol–water partition coefficient (Wildman–Crippen LogP) is 3.00. The van der Waals surface area contributed by atoms with Crippen molar-refractivity contribution in [3.63, 3.8) is 0 Å². The average molecular weight is 519 g/mol. The van der Waals surface area contributed by atoms with Gasteiger partial charge in [-0.15, -0.1) is 0 Å². The van der Waals surface area contributed by atoms with E-state index in [0.29, 0.717) is 16.5 Å². The zero-order valence-corrected chi connectivity index (χ0v) is 20.8. The van der Waals surface area contributed by atoms with E-state index in [0.717, 1.165) is 36.7 Å². The summed E-state index contributed by atoms with van der Waals surface area (Å²) in [5.74, 6) is 0. The fourth-order valence-corrected chi connectivity index (χ4v) is 5.67. The summed E-state index contributed by atoms with van der Waals surface area (Å²) in [4.78, 5) is 37.8. The van der Waals surface area contributed by atoms with E-state index in [1.807, 2.05) is 0 Å². The van der Waals surface area contributed by atoms with Crippen LogP contribution >= 0.6 is 11.6 Å². The molecule has 1 unspecified atom stereocenters. The number of rotatable bonds is 6. The average Bonchev–Trinajstić information content (AvgIpc) is 2.83. The van der Waals surface area contributed by atoms with Gasteiger partial charge in [-0.3, -0.25) is 9.36 Å². The highest BCUT2D eigenvalue weighted by Crippen LogP contribution is 2.20. The molecular formula is C24H27ClN4O5S. The lowest BCUT2D eigenvalue weighted by Gasteiger charge is -2.22. The molecule has 0 bridgehead atoms. The van der Waals surface area contributed by atoms with Crippen molar-refractivity contribution in [3.05, 3.63) is 74.9 Å². The molecule has 11 heteroatoms. The molecule has 2 aromatic carbocycles. The maximum atomic E-state index is 12.9. The Kier molecular flexibility index (Phi) is 7.32. The number of sulfonamides is 1. The number of hydrogen-bond acceptors (Lipinski definition) is 5. The van der Waals surface area contributed by atoms with Crippen molar-refractivity contribution in [2.45, 2.75) is 55.0 Å². The minimum Gasteiger partial charge on any atom is -0.335 e. The molecule has 0 saturated heterocycles. The lowest BCUT2D eigenvalue weighted by Crippen LogP contribution is -2.45. The SMILES string of the molecule is Cn1c(=O)n(C(Cl)Cc2ccc(S(=O)(=O)NC(=O)NC3CCCCC3)cc2)c(=O)c2ccccc21. The van der Waals surface area contributed by atoms with Gasteiger partial charge in [0.25, 0.3) is 15.6 Å². The number of fused-ring (bicyclic) bond motifs is 1. The third kappa shape index (κ3) is 5.43. The smallest absolute Gasteiger partial charge is 0.332 e. The summed E-state index contributed by atoms with van der Waals surface area (Å²) in [5, 5.41) is 3.09. The number of amides is 2. The summed E-state index contributed by atoms with van der Waals surface area (Å²) >= 11 is 6.48. The first-order valence-corrected chi connectivity index (χ1v) is 13.4. The van der Waals surface area contributed by atoms with Gasteiger partial charge in [0.2, 0.25) is 0 Å². The van der Waals surface area contributed by atoms with E-state index in [1.54, 1.807) is 43.4 Å². The first kappa shape index (κ1) is 25.0. The lowest BCUT2D eigenvalue weighted by atomic mass is 9.96. The van der Waals surface area contributed by atoms with Crippen LogP contribution in [-0.2, 0) is 23.5 Å². The number of urea groups is 1. The summed E-state index contributed by atoms with van der Waals surface area (Å²) in [6.07, 6.45) is 4.94. The number of nitrogens with zero attached hydrogens (tertiary/aromatic N) is 2. The molecular weight excluding hydrogens is 492 g/mol. The number of aromatic nitrogens is 2. The number of benzene rings is 2. The quantitative estimate of drug-likeness (QED) is 0.486. The number of carbonyl (C=O) groups is 1. The molecule has 1 aromatic heterocycles. The Balaban J connectivity index is 1.48. The van der Waals surface area contributed by atoms with E-state index in [4.69, 9.17) is 11.6 Å². The van der Waals surface area contributed by atoms with Crippen LogP contribution in [0.3, 0.4) is 0 Å². The van der Waals surface area contributed by atoms with Gasteiger partial charge in [-0.25, -0.2) is 27.3 Å². The summed E-state index contributed by atoms with van der Waals surface area (Å²) in [5.41, 5.74) is -0.875. The maximum absolute atomic E-state index is 12.9. The predicted molar refractivity (Wildman–Crippen MR) is 134 cm³/mol. The van der Waals surface area contributed by atoms with Crippen molar-refractivity contribution in [1.29, 1.82) is 0 Å². The molecule has 1 atom stereocenters. The monoisotopic (exact) mass is 518 g/mol. The van der Waals surface area contributed by atoms with Gasteiger partial charge < -0.3 is 5.32 Å². The summed E-state index contributed by atoms with van der Waals surface area (Å²) in [6.45, 7) is 0. The highest BCUT2D eigenvalue weighted by Gasteiger charge is 2.22. The van der Waals surface area contributed by atoms with E-state index in [-0.39, 0.29) is 17.4 Å². The van der Waals surface area contributed by atoms with Gasteiger partial charge in [0.15, 0.2) is 0 Å². The third-order valence-electron chi connectivity index (χ3n) is 6.29. The largest absolute Gasteiger partial charge is 0.335 e. The molecule has 1 aliphatic rings. The van der Waals surface area contributed by atoms with E-state index in [9.17, 15) is 22.8 Å². The molecule has 1 heterocycles. The molecule has 2 amide bonds. The highest BCUT2D eigenvalue weighted by molar-refractivity contribution is 7.90. The van der Waals surface area contributed by atoms with Crippen LogP contribution in [0.4, 0.5) is 4.79 Å². The van der Waals surface area contributed by atoms with Crippen molar-refractivity contribution < 1.29 is 13.2 Å². The molecule has 9 nitrogen and oxygen atoms in total. The number of carbonyl (C=O) groups excluding carboxylic acids is 1. The second kappa shape index (κ2) is 10.2. The van der Waals surface area contributed by atoms with Crippen molar-refractivity contribution >= 4 is 38.6 Å². The Labute approximate surface area is 207 Å². The van der Waals surface area contributed by atoms with E-state index >= 15 is 0 Å². The first-order chi connectivity index (χ1) is 16.7. The van der Waals surface area contributed by atoms with Crippen LogP contribution in [0, 0.1) is 0 Å². The summed E-state index contributed by atoms with van der Waals surface area (Å²) in [7, 11) is -2.48. The molecule has 0 radical (unpaired) electrons. The van der Waals surface area contributed by atoms with Crippen LogP contribution in [0.5, 0.6) is 0 Å². The van der Waals surface area contributed by atoms with Gasteiger partial charge in [-0.2, -0.15) is 0 Å². The minimum atomic E-state index is -4.05. The normalized spacial score (nSPS) is 15.6. The van der Waals surface area contributed by atoms with E-state index < -0.39 is 32.8 Å². The standard InChI is InChI=1S/C24H27ClN4O5S/c1-28-20-10-6-5-9-19(20)22(30)29(24(28)32)21(25)15-16-11-13-18(14-12-16)35(33,34)27-23(31)26-17-7-3-2-4-8-17/h5-6,9-14,17,21H,2-4,7-8,15H2,1H3,(H2,26,27,31). The van der Waals surface area contributed by atoms with Crippen molar-refractivity contribution in [2.75, 3.05) is 0 Å². The molecule has 0 aliphatic heterocycles. The van der Waals surface area contributed by atoms with E-state index in [1.165, 1.54) is 16.7 Å². The Morgan fingerprint density at radius 3 is 2.40 bits per heavy atom. The molecule has 3 aromatic rings. The summed E-state index contributed by atoms with van der Waals surface area (Å²) in [6, 6.07) is 11.8. The molecule has 1 saturated carbocycles. The van der Waals surface area contributed by atoms with Crippen LogP contribution < -0.4 is 21.3 Å². The van der Waals surface area contributed by atoms with Crippen molar-refractivity contribution in [2.24, 2.45) is 7.05 Å². The fourth-order valence-electron chi connectivity index (χ4n) is 4.41. The Morgan fingerprint density at radius 1 is 1.06 bits per heavy atom. The molecule has 35 heavy (non-hydrogen) atoms. The molecule has 1 fully saturated rings. The number of nitrogens with one attached hydrogen (secondary N) is 2. The van der Waals surface area contributed by atoms with Gasteiger partial charge in [0.05, 0.1) is 15.8 Å².